The molecule has 0 atom stereocenters. The minimum absolute atomic E-state index is 0.246. The van der Waals surface area contributed by atoms with E-state index in [9.17, 15) is 4.79 Å². The number of hydrogen-bond acceptors (Lipinski definition) is 5. The summed E-state index contributed by atoms with van der Waals surface area (Å²) in [5.74, 6) is 0.875. The molecule has 144 valence electrons. The van der Waals surface area contributed by atoms with Crippen LogP contribution >= 0.6 is 11.6 Å². The number of carbonyl (C=O) groups excluding carboxylic acids is 1. The summed E-state index contributed by atoms with van der Waals surface area (Å²) in [6, 6.07) is 10.7. The molecule has 2 aromatic rings. The summed E-state index contributed by atoms with van der Waals surface area (Å²) in [7, 11) is 5.22. The van der Waals surface area contributed by atoms with Gasteiger partial charge in [0.25, 0.3) is 5.91 Å². The number of rotatable bonds is 5. The minimum Gasteiger partial charge on any atom is -0.497 e. The van der Waals surface area contributed by atoms with E-state index < -0.39 is 0 Å². The number of benzene rings is 2. The molecule has 1 saturated heterocycles. The average molecular weight is 390 g/mol. The van der Waals surface area contributed by atoms with Gasteiger partial charge >= 0.3 is 0 Å². The summed E-state index contributed by atoms with van der Waals surface area (Å²) in [4.78, 5) is 17.4. The lowest BCUT2D eigenvalue weighted by Gasteiger charge is -2.35. The van der Waals surface area contributed by atoms with Crippen molar-refractivity contribution in [2.45, 2.75) is 0 Å². The summed E-state index contributed by atoms with van der Waals surface area (Å²) >= 11 is 6.19. The largest absolute Gasteiger partial charge is 0.497 e. The van der Waals surface area contributed by atoms with E-state index in [4.69, 9.17) is 21.1 Å². The van der Waals surface area contributed by atoms with Gasteiger partial charge in [-0.2, -0.15) is 0 Å². The maximum absolute atomic E-state index is 12.9. The number of methoxy groups -OCH3 is 2. The van der Waals surface area contributed by atoms with Gasteiger partial charge in [0.15, 0.2) is 0 Å². The number of piperazine rings is 1. The van der Waals surface area contributed by atoms with Gasteiger partial charge in [-0.25, -0.2) is 0 Å². The molecule has 1 aliphatic heterocycles. The summed E-state index contributed by atoms with van der Waals surface area (Å²) in [5.41, 5.74) is 2.12. The van der Waals surface area contributed by atoms with Crippen LogP contribution in [-0.4, -0.2) is 58.3 Å². The van der Waals surface area contributed by atoms with Gasteiger partial charge in [0.2, 0.25) is 0 Å². The molecule has 0 aromatic heterocycles. The van der Waals surface area contributed by atoms with E-state index in [0.717, 1.165) is 31.9 Å². The molecule has 3 rings (SSSR count). The molecule has 7 heteroatoms. The summed E-state index contributed by atoms with van der Waals surface area (Å²) in [6.45, 7) is 3.74. The first-order chi connectivity index (χ1) is 13.0. The first-order valence-electron chi connectivity index (χ1n) is 8.77. The van der Waals surface area contributed by atoms with Gasteiger partial charge in [-0.3, -0.25) is 4.79 Å². The number of nitrogens with zero attached hydrogens (tertiary/aromatic N) is 2. The van der Waals surface area contributed by atoms with Crippen LogP contribution in [0.3, 0.4) is 0 Å². The molecule has 27 heavy (non-hydrogen) atoms. The number of likely N-dealkylation sites (N-methyl/N-ethyl adjacent to an activating group) is 1. The lowest BCUT2D eigenvalue weighted by Crippen LogP contribution is -2.44. The van der Waals surface area contributed by atoms with Crippen molar-refractivity contribution in [1.29, 1.82) is 0 Å². The first-order valence-corrected chi connectivity index (χ1v) is 9.15. The van der Waals surface area contributed by atoms with E-state index in [0.29, 0.717) is 27.8 Å². The van der Waals surface area contributed by atoms with E-state index >= 15 is 0 Å². The van der Waals surface area contributed by atoms with Crippen LogP contribution in [0.4, 0.5) is 11.4 Å². The van der Waals surface area contributed by atoms with Crippen molar-refractivity contribution >= 4 is 28.9 Å². The van der Waals surface area contributed by atoms with Crippen LogP contribution in [0.15, 0.2) is 36.4 Å². The third-order valence-corrected chi connectivity index (χ3v) is 4.90. The lowest BCUT2D eigenvalue weighted by atomic mass is 10.1. The van der Waals surface area contributed by atoms with Crippen LogP contribution in [0.1, 0.15) is 10.4 Å². The molecule has 1 aliphatic rings. The van der Waals surface area contributed by atoms with Crippen molar-refractivity contribution in [3.63, 3.8) is 0 Å². The van der Waals surface area contributed by atoms with Crippen molar-refractivity contribution < 1.29 is 14.3 Å². The minimum atomic E-state index is -0.246. The Kier molecular flexibility index (Phi) is 6.08. The number of anilines is 2. The van der Waals surface area contributed by atoms with Crippen LogP contribution in [-0.2, 0) is 0 Å². The Bertz CT molecular complexity index is 798. The number of halogens is 1. The highest BCUT2D eigenvalue weighted by Crippen LogP contribution is 2.31. The Balaban J connectivity index is 1.86. The topological polar surface area (TPSA) is 54.0 Å². The van der Waals surface area contributed by atoms with E-state index in [1.54, 1.807) is 38.5 Å². The van der Waals surface area contributed by atoms with Crippen molar-refractivity contribution in [2.75, 3.05) is 57.7 Å². The molecule has 0 spiro atoms. The van der Waals surface area contributed by atoms with Crippen molar-refractivity contribution in [3.8, 4) is 11.5 Å². The first kappa shape index (κ1) is 19.3. The second kappa shape index (κ2) is 8.50. The van der Waals surface area contributed by atoms with E-state index in [-0.39, 0.29) is 5.91 Å². The molecule has 6 nitrogen and oxygen atoms in total. The van der Waals surface area contributed by atoms with Gasteiger partial charge in [0.1, 0.15) is 11.5 Å². The monoisotopic (exact) mass is 389 g/mol. The third-order valence-electron chi connectivity index (χ3n) is 4.66. The van der Waals surface area contributed by atoms with Crippen molar-refractivity contribution in [1.82, 2.24) is 4.90 Å². The lowest BCUT2D eigenvalue weighted by molar-refractivity contribution is 0.102. The zero-order valence-electron chi connectivity index (χ0n) is 15.8. The maximum atomic E-state index is 12.9. The number of hydrogen-bond donors (Lipinski definition) is 1. The second-order valence-electron chi connectivity index (χ2n) is 6.51. The molecule has 2 aromatic carbocycles. The van der Waals surface area contributed by atoms with E-state index in [1.807, 2.05) is 12.1 Å². The predicted molar refractivity (Wildman–Crippen MR) is 109 cm³/mol. The number of nitrogens with one attached hydrogen (secondary N) is 1. The zero-order chi connectivity index (χ0) is 19.4. The molecule has 0 bridgehead atoms. The maximum Gasteiger partial charge on any atom is 0.255 e. The van der Waals surface area contributed by atoms with Gasteiger partial charge in [0.05, 0.1) is 25.6 Å². The highest BCUT2D eigenvalue weighted by molar-refractivity contribution is 6.31. The summed E-state index contributed by atoms with van der Waals surface area (Å²) < 4.78 is 10.5. The van der Waals surface area contributed by atoms with Crippen molar-refractivity contribution in [2.24, 2.45) is 0 Å². The fourth-order valence-electron chi connectivity index (χ4n) is 3.06. The van der Waals surface area contributed by atoms with Gasteiger partial charge in [-0.1, -0.05) is 11.6 Å². The number of amides is 1. The van der Waals surface area contributed by atoms with E-state index in [2.05, 4.69) is 22.2 Å². The zero-order valence-corrected chi connectivity index (χ0v) is 16.5. The molecule has 1 N–H and O–H groups in total. The average Bonchev–Trinajstić information content (AvgIpc) is 2.68. The fourth-order valence-corrected chi connectivity index (χ4v) is 3.24. The smallest absolute Gasteiger partial charge is 0.255 e. The molecular formula is C20H24ClN3O3. The Morgan fingerprint density at radius 2 is 1.63 bits per heavy atom. The number of carbonyl (C=O) groups is 1. The molecule has 1 heterocycles. The molecule has 0 radical (unpaired) electrons. The molecule has 0 aliphatic carbocycles. The molecule has 0 saturated carbocycles. The Labute approximate surface area is 164 Å². The van der Waals surface area contributed by atoms with Gasteiger partial charge in [-0.15, -0.1) is 0 Å². The predicted octanol–water partition coefficient (Wildman–Crippen LogP) is 3.36. The molecular weight excluding hydrogens is 366 g/mol. The van der Waals surface area contributed by atoms with Crippen LogP contribution in [0, 0.1) is 0 Å². The van der Waals surface area contributed by atoms with Crippen LogP contribution in [0.2, 0.25) is 5.02 Å². The van der Waals surface area contributed by atoms with Gasteiger partial charge < -0.3 is 24.6 Å². The normalized spacial score (nSPS) is 14.7. The highest BCUT2D eigenvalue weighted by Gasteiger charge is 2.19. The Hall–Kier alpha value is -2.44. The fraction of sp³-hybridized carbons (Fsp3) is 0.350. The molecule has 1 amide bonds. The standard InChI is InChI=1S/C20H24ClN3O3/c1-23-6-8-24(9-7-23)19-5-4-15(21)12-18(19)22-20(25)14-10-16(26-2)13-17(11-14)27-3/h4-5,10-13H,6-9H2,1-3H3,(H,22,25). The highest BCUT2D eigenvalue weighted by atomic mass is 35.5. The van der Waals surface area contributed by atoms with Crippen LogP contribution in [0.25, 0.3) is 0 Å². The molecule has 0 unspecified atom stereocenters. The van der Waals surface area contributed by atoms with Crippen LogP contribution < -0.4 is 19.7 Å². The number of ether oxygens (including phenoxy) is 2. The Morgan fingerprint density at radius 1 is 1.00 bits per heavy atom. The quantitative estimate of drug-likeness (QED) is 0.849. The van der Waals surface area contributed by atoms with Gasteiger partial charge in [-0.05, 0) is 37.4 Å². The SMILES string of the molecule is COc1cc(OC)cc(C(=O)Nc2cc(Cl)ccc2N2CCN(C)CC2)c1. The second-order valence-corrected chi connectivity index (χ2v) is 6.94. The molecule has 1 fully saturated rings. The third kappa shape index (κ3) is 4.64. The van der Waals surface area contributed by atoms with Crippen molar-refractivity contribution in [3.05, 3.63) is 47.0 Å². The van der Waals surface area contributed by atoms with Crippen LogP contribution in [0.5, 0.6) is 11.5 Å². The van der Waals surface area contributed by atoms with Gasteiger partial charge in [0, 0.05) is 42.8 Å². The summed E-state index contributed by atoms with van der Waals surface area (Å²) in [5, 5.41) is 3.56. The summed E-state index contributed by atoms with van der Waals surface area (Å²) in [6.07, 6.45) is 0. The Morgan fingerprint density at radius 3 is 2.22 bits per heavy atom. The van der Waals surface area contributed by atoms with E-state index in [1.165, 1.54) is 0 Å².